The monoisotopic (exact) mass is 335 g/mol. The van der Waals surface area contributed by atoms with E-state index in [9.17, 15) is 14.9 Å². The molecule has 0 spiro atoms. The first kappa shape index (κ1) is 15.1. The summed E-state index contributed by atoms with van der Waals surface area (Å²) >= 11 is 0. The molecule has 1 fully saturated rings. The lowest BCUT2D eigenvalue weighted by atomic mass is 10.2. The van der Waals surface area contributed by atoms with Gasteiger partial charge in [0.15, 0.2) is 5.76 Å². The van der Waals surface area contributed by atoms with Gasteiger partial charge in [-0.25, -0.2) is 0 Å². The molecule has 8 nitrogen and oxygen atoms in total. The third-order valence-electron chi connectivity index (χ3n) is 4.26. The number of nitrogens with zero attached hydrogens (tertiary/aromatic N) is 5. The SMILES string of the molecule is N#CC1(n2ccn(Cc3cc(-c4ccccn4)on3)c(=O)c2=O)CC1. The van der Waals surface area contributed by atoms with Crippen LogP contribution in [-0.4, -0.2) is 19.3 Å². The molecule has 0 saturated heterocycles. The molecule has 1 aliphatic carbocycles. The van der Waals surface area contributed by atoms with Crippen molar-refractivity contribution in [2.75, 3.05) is 0 Å². The molecule has 3 heterocycles. The topological polar surface area (TPSA) is 107 Å². The van der Waals surface area contributed by atoms with Crippen molar-refractivity contribution < 1.29 is 4.52 Å². The van der Waals surface area contributed by atoms with Gasteiger partial charge in [0.2, 0.25) is 0 Å². The zero-order valence-electron chi connectivity index (χ0n) is 13.1. The van der Waals surface area contributed by atoms with Crippen LogP contribution in [0.3, 0.4) is 0 Å². The summed E-state index contributed by atoms with van der Waals surface area (Å²) in [6.45, 7) is 0.102. The van der Waals surface area contributed by atoms with Crippen LogP contribution in [0.1, 0.15) is 18.5 Å². The Labute approximate surface area is 141 Å². The van der Waals surface area contributed by atoms with E-state index >= 15 is 0 Å². The third kappa shape index (κ3) is 2.55. The predicted molar refractivity (Wildman–Crippen MR) is 86.6 cm³/mol. The van der Waals surface area contributed by atoms with Crippen LogP contribution in [-0.2, 0) is 12.1 Å². The van der Waals surface area contributed by atoms with Crippen LogP contribution in [0.5, 0.6) is 0 Å². The Bertz CT molecular complexity index is 1080. The van der Waals surface area contributed by atoms with Gasteiger partial charge in [0.25, 0.3) is 0 Å². The number of rotatable bonds is 4. The molecule has 8 heteroatoms. The van der Waals surface area contributed by atoms with E-state index in [1.165, 1.54) is 21.5 Å². The summed E-state index contributed by atoms with van der Waals surface area (Å²) < 4.78 is 7.73. The van der Waals surface area contributed by atoms with Gasteiger partial charge in [0.05, 0.1) is 12.6 Å². The molecule has 124 valence electrons. The van der Waals surface area contributed by atoms with Crippen LogP contribution in [0.15, 0.2) is 57.0 Å². The van der Waals surface area contributed by atoms with Crippen LogP contribution < -0.4 is 11.1 Å². The molecule has 0 atom stereocenters. The lowest BCUT2D eigenvalue weighted by molar-refractivity contribution is 0.419. The van der Waals surface area contributed by atoms with Crippen LogP contribution in [0.25, 0.3) is 11.5 Å². The van der Waals surface area contributed by atoms with Crippen LogP contribution in [0, 0.1) is 11.3 Å². The van der Waals surface area contributed by atoms with Gasteiger partial charge in [-0.1, -0.05) is 11.2 Å². The number of hydrogen-bond acceptors (Lipinski definition) is 6. The van der Waals surface area contributed by atoms with Crippen LogP contribution in [0.4, 0.5) is 0 Å². The highest BCUT2D eigenvalue weighted by Gasteiger charge is 2.46. The summed E-state index contributed by atoms with van der Waals surface area (Å²) in [4.78, 5) is 28.8. The van der Waals surface area contributed by atoms with Crippen molar-refractivity contribution in [2.24, 2.45) is 0 Å². The second-order valence-corrected chi connectivity index (χ2v) is 5.95. The summed E-state index contributed by atoms with van der Waals surface area (Å²) in [5.74, 6) is 0.485. The molecular weight excluding hydrogens is 322 g/mol. The van der Waals surface area contributed by atoms with Crippen molar-refractivity contribution in [1.29, 1.82) is 5.26 Å². The third-order valence-corrected chi connectivity index (χ3v) is 4.26. The van der Waals surface area contributed by atoms with E-state index in [0.29, 0.717) is 30.0 Å². The molecule has 0 aliphatic heterocycles. The van der Waals surface area contributed by atoms with Gasteiger partial charge in [-0.15, -0.1) is 0 Å². The average molecular weight is 335 g/mol. The highest BCUT2D eigenvalue weighted by atomic mass is 16.5. The van der Waals surface area contributed by atoms with Crippen LogP contribution >= 0.6 is 0 Å². The van der Waals surface area contributed by atoms with E-state index < -0.39 is 16.7 Å². The summed E-state index contributed by atoms with van der Waals surface area (Å²) in [7, 11) is 0. The molecule has 3 aromatic rings. The Morgan fingerprint density at radius 2 is 2.08 bits per heavy atom. The molecule has 0 unspecified atom stereocenters. The second kappa shape index (κ2) is 5.56. The molecule has 0 radical (unpaired) electrons. The molecule has 4 rings (SSSR count). The Hall–Kier alpha value is -3.47. The van der Waals surface area contributed by atoms with Crippen molar-refractivity contribution in [3.8, 4) is 17.5 Å². The second-order valence-electron chi connectivity index (χ2n) is 5.95. The quantitative estimate of drug-likeness (QED) is 0.661. The van der Waals surface area contributed by atoms with Crippen molar-refractivity contribution in [1.82, 2.24) is 19.3 Å². The number of pyridine rings is 1. The first-order chi connectivity index (χ1) is 12.1. The van der Waals surface area contributed by atoms with Crippen molar-refractivity contribution >= 4 is 0 Å². The minimum atomic E-state index is -0.852. The molecular formula is C17H13N5O3. The Balaban J connectivity index is 1.63. The van der Waals surface area contributed by atoms with Gasteiger partial charge in [-0.05, 0) is 25.0 Å². The largest absolute Gasteiger partial charge is 0.354 e. The number of aromatic nitrogens is 4. The molecule has 25 heavy (non-hydrogen) atoms. The van der Waals surface area contributed by atoms with E-state index in [0.717, 1.165) is 0 Å². The van der Waals surface area contributed by atoms with E-state index in [1.54, 1.807) is 24.4 Å². The van der Waals surface area contributed by atoms with Gasteiger partial charge in [-0.3, -0.25) is 19.1 Å². The Morgan fingerprint density at radius 1 is 1.24 bits per heavy atom. The van der Waals surface area contributed by atoms with Gasteiger partial charge in [0, 0.05) is 24.7 Å². The Morgan fingerprint density at radius 3 is 2.76 bits per heavy atom. The first-order valence-electron chi connectivity index (χ1n) is 7.74. The summed E-state index contributed by atoms with van der Waals surface area (Å²) in [6.07, 6.45) is 5.80. The lowest BCUT2D eigenvalue weighted by Crippen LogP contribution is -2.44. The highest BCUT2D eigenvalue weighted by Crippen LogP contribution is 2.41. The zero-order valence-corrected chi connectivity index (χ0v) is 13.1. The normalized spacial score (nSPS) is 14.8. The van der Waals surface area contributed by atoms with Crippen molar-refractivity contribution in [2.45, 2.75) is 24.9 Å². The van der Waals surface area contributed by atoms with Gasteiger partial charge < -0.3 is 9.09 Å². The summed E-state index contributed by atoms with van der Waals surface area (Å²) in [5.41, 5.74) is -1.11. The van der Waals surface area contributed by atoms with Gasteiger partial charge in [-0.2, -0.15) is 5.26 Å². The number of nitriles is 1. The van der Waals surface area contributed by atoms with Crippen molar-refractivity contribution in [3.05, 3.63) is 69.3 Å². The maximum Gasteiger partial charge on any atom is 0.317 e. The molecule has 1 aliphatic rings. The minimum absolute atomic E-state index is 0.102. The van der Waals surface area contributed by atoms with E-state index in [-0.39, 0.29) is 6.54 Å². The van der Waals surface area contributed by atoms with Gasteiger partial charge >= 0.3 is 11.1 Å². The van der Waals surface area contributed by atoms with E-state index in [4.69, 9.17) is 4.52 Å². The maximum atomic E-state index is 12.3. The molecule has 1 saturated carbocycles. The van der Waals surface area contributed by atoms with E-state index in [2.05, 4.69) is 16.2 Å². The fraction of sp³-hybridized carbons (Fsp3) is 0.235. The summed E-state index contributed by atoms with van der Waals surface area (Å²) in [6, 6.07) is 9.20. The molecule has 3 aromatic heterocycles. The predicted octanol–water partition coefficient (Wildman–Crippen LogP) is 1.12. The fourth-order valence-electron chi connectivity index (χ4n) is 2.69. The number of hydrogen-bond donors (Lipinski definition) is 0. The highest BCUT2D eigenvalue weighted by molar-refractivity contribution is 5.51. The average Bonchev–Trinajstić information content (AvgIpc) is 3.30. The Kier molecular flexibility index (Phi) is 3.35. The standard InChI is InChI=1S/C17H13N5O3/c18-11-17(4-5-17)22-8-7-21(15(23)16(22)24)10-12-9-14(25-20-12)13-3-1-2-6-19-13/h1-3,6-9H,4-5,10H2. The van der Waals surface area contributed by atoms with Crippen molar-refractivity contribution in [3.63, 3.8) is 0 Å². The smallest absolute Gasteiger partial charge is 0.317 e. The maximum absolute atomic E-state index is 12.3. The van der Waals surface area contributed by atoms with E-state index in [1.807, 2.05) is 6.07 Å². The minimum Gasteiger partial charge on any atom is -0.354 e. The van der Waals surface area contributed by atoms with Crippen LogP contribution in [0.2, 0.25) is 0 Å². The molecule has 0 N–H and O–H groups in total. The molecule has 0 aromatic carbocycles. The summed E-state index contributed by atoms with van der Waals surface area (Å²) in [5, 5.41) is 13.1. The fourth-order valence-corrected chi connectivity index (χ4v) is 2.69. The zero-order chi connectivity index (χ0) is 17.4. The molecule has 0 bridgehead atoms. The molecule has 0 amide bonds. The lowest BCUT2D eigenvalue weighted by Gasteiger charge is -2.11. The van der Waals surface area contributed by atoms with Gasteiger partial charge in [0.1, 0.15) is 16.9 Å². The first-order valence-corrected chi connectivity index (χ1v) is 7.74.